The lowest BCUT2D eigenvalue weighted by molar-refractivity contribution is 0.0988. The van der Waals surface area contributed by atoms with E-state index in [1.165, 1.54) is 0 Å². The Labute approximate surface area is 97.4 Å². The van der Waals surface area contributed by atoms with Gasteiger partial charge in [-0.2, -0.15) is 0 Å². The van der Waals surface area contributed by atoms with E-state index < -0.39 is 10.0 Å². The Hall–Kier alpha value is 0.120. The molecule has 0 bridgehead atoms. The van der Waals surface area contributed by atoms with Gasteiger partial charge in [0, 0.05) is 19.7 Å². The van der Waals surface area contributed by atoms with Crippen LogP contribution in [0.5, 0.6) is 0 Å². The van der Waals surface area contributed by atoms with Crippen molar-refractivity contribution < 1.29 is 13.2 Å². The van der Waals surface area contributed by atoms with E-state index in [9.17, 15) is 8.42 Å². The summed E-state index contributed by atoms with van der Waals surface area (Å²) < 4.78 is 31.0. The van der Waals surface area contributed by atoms with Gasteiger partial charge in [-0.1, -0.05) is 0 Å². The molecule has 0 aromatic rings. The highest BCUT2D eigenvalue weighted by molar-refractivity contribution is 7.90. The average Bonchev–Trinajstić information content (AvgIpc) is 2.19. The molecule has 92 valence electrons. The molecular formula is C8H19ClN2O3S. The number of ether oxygens (including phenoxy) is 1. The van der Waals surface area contributed by atoms with Gasteiger partial charge in [0.15, 0.2) is 0 Å². The van der Waals surface area contributed by atoms with Crippen LogP contribution in [0.15, 0.2) is 0 Å². The fraction of sp³-hybridized carbons (Fsp3) is 1.00. The highest BCUT2D eigenvalue weighted by Crippen LogP contribution is 2.13. The summed E-state index contributed by atoms with van der Waals surface area (Å²) in [5, 5.41) is 2.52. The summed E-state index contributed by atoms with van der Waals surface area (Å²) in [5.74, 6) is 0. The van der Waals surface area contributed by atoms with Gasteiger partial charge < -0.3 is 10.1 Å². The molecule has 0 aromatic carbocycles. The number of hydrogen-bond donors (Lipinski definition) is 2. The summed E-state index contributed by atoms with van der Waals surface area (Å²) in [6.07, 6.45) is 1.53. The Morgan fingerprint density at radius 3 is 2.67 bits per heavy atom. The molecule has 0 spiro atoms. The molecule has 1 atom stereocenters. The summed E-state index contributed by atoms with van der Waals surface area (Å²) in [5.41, 5.74) is 0. The highest BCUT2D eigenvalue weighted by Gasteiger charge is 2.27. The molecule has 1 aliphatic rings. The van der Waals surface area contributed by atoms with E-state index in [0.29, 0.717) is 32.7 Å². The van der Waals surface area contributed by atoms with E-state index in [2.05, 4.69) is 10.0 Å². The van der Waals surface area contributed by atoms with Crippen LogP contribution in [0.2, 0.25) is 0 Å². The smallest absolute Gasteiger partial charge is 0.216 e. The summed E-state index contributed by atoms with van der Waals surface area (Å²) in [7, 11) is -1.38. The standard InChI is InChI=1S/C8H18N2O3S.ClH/c1-9-4-5-10-14(11,12)8-3-2-6-13-7-8;/h8-10H,2-7H2,1H3;1H. The zero-order chi connectivity index (χ0) is 10.4. The predicted molar refractivity (Wildman–Crippen MR) is 61.9 cm³/mol. The molecular weight excluding hydrogens is 240 g/mol. The van der Waals surface area contributed by atoms with Gasteiger partial charge >= 0.3 is 0 Å². The van der Waals surface area contributed by atoms with Crippen LogP contribution in [0.1, 0.15) is 12.8 Å². The molecule has 2 N–H and O–H groups in total. The molecule has 0 amide bonds. The van der Waals surface area contributed by atoms with Gasteiger partial charge in [-0.15, -0.1) is 12.4 Å². The second kappa shape index (κ2) is 7.40. The van der Waals surface area contributed by atoms with E-state index in [1.807, 2.05) is 0 Å². The minimum absolute atomic E-state index is 0. The van der Waals surface area contributed by atoms with Crippen molar-refractivity contribution in [2.24, 2.45) is 0 Å². The maximum atomic E-state index is 11.6. The molecule has 7 heteroatoms. The van der Waals surface area contributed by atoms with Gasteiger partial charge in [0.05, 0.1) is 11.9 Å². The Kier molecular flexibility index (Phi) is 7.46. The third kappa shape index (κ3) is 5.12. The molecule has 1 fully saturated rings. The summed E-state index contributed by atoms with van der Waals surface area (Å²) >= 11 is 0. The fourth-order valence-electron chi connectivity index (χ4n) is 1.39. The summed E-state index contributed by atoms with van der Waals surface area (Å²) in [6.45, 7) is 2.10. The van der Waals surface area contributed by atoms with Crippen molar-refractivity contribution in [3.05, 3.63) is 0 Å². The average molecular weight is 259 g/mol. The molecule has 5 nitrogen and oxygen atoms in total. The van der Waals surface area contributed by atoms with Crippen LogP contribution < -0.4 is 10.0 Å². The van der Waals surface area contributed by atoms with E-state index in [0.717, 1.165) is 6.42 Å². The maximum Gasteiger partial charge on any atom is 0.216 e. The Morgan fingerprint density at radius 1 is 1.40 bits per heavy atom. The lowest BCUT2D eigenvalue weighted by atomic mass is 10.2. The van der Waals surface area contributed by atoms with E-state index >= 15 is 0 Å². The number of hydrogen-bond acceptors (Lipinski definition) is 4. The minimum atomic E-state index is -3.17. The van der Waals surface area contributed by atoms with Crippen molar-refractivity contribution >= 4 is 22.4 Å². The van der Waals surface area contributed by atoms with Crippen LogP contribution in [0, 0.1) is 0 Å². The zero-order valence-corrected chi connectivity index (χ0v) is 10.5. The number of sulfonamides is 1. The first-order valence-corrected chi connectivity index (χ1v) is 6.42. The molecule has 1 aliphatic heterocycles. The van der Waals surface area contributed by atoms with E-state index in [-0.39, 0.29) is 17.7 Å². The van der Waals surface area contributed by atoms with Crippen LogP contribution in [0.4, 0.5) is 0 Å². The van der Waals surface area contributed by atoms with Crippen LogP contribution in [-0.2, 0) is 14.8 Å². The molecule has 15 heavy (non-hydrogen) atoms. The SMILES string of the molecule is CNCCNS(=O)(=O)C1CCCOC1.Cl. The second-order valence-corrected chi connectivity index (χ2v) is 5.43. The van der Waals surface area contributed by atoms with Crippen molar-refractivity contribution in [3.63, 3.8) is 0 Å². The monoisotopic (exact) mass is 258 g/mol. The molecule has 0 aliphatic carbocycles. The van der Waals surface area contributed by atoms with Gasteiger partial charge in [0.1, 0.15) is 0 Å². The van der Waals surface area contributed by atoms with Gasteiger partial charge in [0.2, 0.25) is 10.0 Å². The third-order valence-corrected chi connectivity index (χ3v) is 4.09. The number of halogens is 1. The molecule has 0 saturated carbocycles. The lowest BCUT2D eigenvalue weighted by Crippen LogP contribution is -2.41. The van der Waals surface area contributed by atoms with Gasteiger partial charge in [0.25, 0.3) is 0 Å². The molecule has 1 saturated heterocycles. The Morgan fingerprint density at radius 2 is 2.13 bits per heavy atom. The van der Waals surface area contributed by atoms with E-state index in [1.54, 1.807) is 7.05 Å². The topological polar surface area (TPSA) is 67.4 Å². The first-order valence-electron chi connectivity index (χ1n) is 4.87. The number of likely N-dealkylation sites (N-methyl/N-ethyl adjacent to an activating group) is 1. The number of nitrogens with one attached hydrogen (secondary N) is 2. The van der Waals surface area contributed by atoms with Crippen LogP contribution in [0.25, 0.3) is 0 Å². The van der Waals surface area contributed by atoms with Crippen molar-refractivity contribution in [1.29, 1.82) is 0 Å². The van der Waals surface area contributed by atoms with Crippen LogP contribution in [-0.4, -0.2) is 47.0 Å². The second-order valence-electron chi connectivity index (χ2n) is 3.38. The van der Waals surface area contributed by atoms with Crippen LogP contribution in [0.3, 0.4) is 0 Å². The fourth-order valence-corrected chi connectivity index (χ4v) is 2.77. The van der Waals surface area contributed by atoms with Crippen molar-refractivity contribution in [2.75, 3.05) is 33.4 Å². The van der Waals surface area contributed by atoms with Gasteiger partial charge in [-0.3, -0.25) is 0 Å². The minimum Gasteiger partial charge on any atom is -0.380 e. The summed E-state index contributed by atoms with van der Waals surface area (Å²) in [6, 6.07) is 0. The first kappa shape index (κ1) is 15.1. The van der Waals surface area contributed by atoms with Crippen molar-refractivity contribution in [3.8, 4) is 0 Å². The third-order valence-electron chi connectivity index (χ3n) is 2.24. The molecule has 1 heterocycles. The molecule has 0 radical (unpaired) electrons. The van der Waals surface area contributed by atoms with Gasteiger partial charge in [-0.05, 0) is 19.9 Å². The maximum absolute atomic E-state index is 11.6. The lowest BCUT2D eigenvalue weighted by Gasteiger charge is -2.22. The molecule has 1 rings (SSSR count). The Balaban J connectivity index is 0.00000196. The summed E-state index contributed by atoms with van der Waals surface area (Å²) in [4.78, 5) is 0. The molecule has 0 aromatic heterocycles. The largest absolute Gasteiger partial charge is 0.380 e. The predicted octanol–water partition coefficient (Wildman–Crippen LogP) is -0.274. The molecule has 1 unspecified atom stereocenters. The normalized spacial score (nSPS) is 22.1. The zero-order valence-electron chi connectivity index (χ0n) is 8.86. The van der Waals surface area contributed by atoms with Crippen LogP contribution >= 0.6 is 12.4 Å². The van der Waals surface area contributed by atoms with E-state index in [4.69, 9.17) is 4.74 Å². The van der Waals surface area contributed by atoms with Gasteiger partial charge in [-0.25, -0.2) is 13.1 Å². The highest BCUT2D eigenvalue weighted by atomic mass is 35.5. The quantitative estimate of drug-likeness (QED) is 0.666. The number of rotatable bonds is 5. The first-order chi connectivity index (χ1) is 6.67. The van der Waals surface area contributed by atoms with Crippen molar-refractivity contribution in [1.82, 2.24) is 10.0 Å². The van der Waals surface area contributed by atoms with Crippen molar-refractivity contribution in [2.45, 2.75) is 18.1 Å². The Bertz CT molecular complexity index is 253.